The molecular formula is C15H18N4O3S. The highest BCUT2D eigenvalue weighted by molar-refractivity contribution is 7.15. The number of hydrogen-bond donors (Lipinski definition) is 2. The van der Waals surface area contributed by atoms with Gasteiger partial charge in [-0.2, -0.15) is 0 Å². The van der Waals surface area contributed by atoms with E-state index in [-0.39, 0.29) is 18.4 Å². The number of carbonyl (C=O) groups excluding carboxylic acids is 3. The summed E-state index contributed by atoms with van der Waals surface area (Å²) in [5, 5.41) is 6.04. The molecule has 122 valence electrons. The lowest BCUT2D eigenvalue weighted by molar-refractivity contribution is -0.133. The number of aromatic nitrogens is 1. The zero-order valence-corrected chi connectivity index (χ0v) is 13.5. The van der Waals surface area contributed by atoms with Crippen LogP contribution in [0, 0.1) is 0 Å². The molecule has 23 heavy (non-hydrogen) atoms. The number of amides is 4. The molecule has 0 unspecified atom stereocenters. The Hall–Kier alpha value is -1.96. The Labute approximate surface area is 137 Å². The van der Waals surface area contributed by atoms with Crippen molar-refractivity contribution < 1.29 is 14.4 Å². The molecule has 0 aromatic carbocycles. The molecule has 2 heterocycles. The van der Waals surface area contributed by atoms with E-state index in [1.165, 1.54) is 16.2 Å². The SMILES string of the molecule is O=C(CN1C(=O)NC2(CCCC2)C1=O)Nc1nc2c(s1)CCC2. The standard InChI is InChI=1S/C15H18N4O3S/c20-11(17-13-16-9-4-3-5-10(9)23-13)8-19-12(21)15(18-14(19)22)6-1-2-7-15/h1-8H2,(H,18,22)(H,16,17,20). The molecule has 2 aliphatic carbocycles. The van der Waals surface area contributed by atoms with Gasteiger partial charge in [0.05, 0.1) is 5.69 Å². The van der Waals surface area contributed by atoms with Gasteiger partial charge in [0.15, 0.2) is 5.13 Å². The number of urea groups is 1. The average molecular weight is 334 g/mol. The molecule has 1 aromatic rings. The second-order valence-electron chi connectivity index (χ2n) is 6.40. The van der Waals surface area contributed by atoms with Gasteiger partial charge in [0.1, 0.15) is 12.1 Å². The van der Waals surface area contributed by atoms with Crippen LogP contribution in [-0.2, 0) is 22.4 Å². The lowest BCUT2D eigenvalue weighted by atomic mass is 9.98. The summed E-state index contributed by atoms with van der Waals surface area (Å²) in [4.78, 5) is 43.4. The van der Waals surface area contributed by atoms with Gasteiger partial charge >= 0.3 is 6.03 Å². The third kappa shape index (κ3) is 2.41. The average Bonchev–Trinajstić information content (AvgIpc) is 3.22. The van der Waals surface area contributed by atoms with Crippen molar-refractivity contribution in [3.05, 3.63) is 10.6 Å². The van der Waals surface area contributed by atoms with Gasteiger partial charge in [0.2, 0.25) is 5.91 Å². The summed E-state index contributed by atoms with van der Waals surface area (Å²) in [5.74, 6) is -0.646. The van der Waals surface area contributed by atoms with E-state index in [9.17, 15) is 14.4 Å². The molecule has 8 heteroatoms. The second kappa shape index (κ2) is 5.30. The van der Waals surface area contributed by atoms with E-state index < -0.39 is 11.6 Å². The first-order valence-corrected chi connectivity index (χ1v) is 8.82. The molecule has 1 saturated carbocycles. The molecule has 0 radical (unpaired) electrons. The summed E-state index contributed by atoms with van der Waals surface area (Å²) in [7, 11) is 0. The molecule has 7 nitrogen and oxygen atoms in total. The minimum atomic E-state index is -0.764. The summed E-state index contributed by atoms with van der Waals surface area (Å²) in [5.41, 5.74) is 0.296. The van der Waals surface area contributed by atoms with E-state index in [1.807, 2.05) is 0 Å². The van der Waals surface area contributed by atoms with E-state index in [1.54, 1.807) is 0 Å². The minimum Gasteiger partial charge on any atom is -0.323 e. The molecule has 1 saturated heterocycles. The van der Waals surface area contributed by atoms with E-state index in [2.05, 4.69) is 15.6 Å². The molecule has 3 aliphatic rings. The second-order valence-corrected chi connectivity index (χ2v) is 7.48. The Morgan fingerprint density at radius 2 is 2.04 bits per heavy atom. The zero-order valence-electron chi connectivity index (χ0n) is 12.7. The quantitative estimate of drug-likeness (QED) is 0.818. The Bertz CT molecular complexity index is 671. The molecule has 1 aliphatic heterocycles. The molecule has 2 fully saturated rings. The molecule has 0 bridgehead atoms. The number of nitrogens with one attached hydrogen (secondary N) is 2. The van der Waals surface area contributed by atoms with Gasteiger partial charge in [-0.3, -0.25) is 14.5 Å². The van der Waals surface area contributed by atoms with Gasteiger partial charge < -0.3 is 10.6 Å². The number of carbonyl (C=O) groups is 3. The van der Waals surface area contributed by atoms with E-state index in [0.717, 1.165) is 42.7 Å². The van der Waals surface area contributed by atoms with Crippen LogP contribution in [0.3, 0.4) is 0 Å². The third-order valence-electron chi connectivity index (χ3n) is 4.85. The predicted octanol–water partition coefficient (Wildman–Crippen LogP) is 1.43. The fraction of sp³-hybridized carbons (Fsp3) is 0.600. The van der Waals surface area contributed by atoms with E-state index in [0.29, 0.717) is 18.0 Å². The van der Waals surface area contributed by atoms with Crippen molar-refractivity contribution >= 4 is 34.3 Å². The smallest absolute Gasteiger partial charge is 0.323 e. The number of anilines is 1. The summed E-state index contributed by atoms with van der Waals surface area (Å²) in [6.45, 7) is -0.253. The number of thiazole rings is 1. The Morgan fingerprint density at radius 3 is 2.78 bits per heavy atom. The van der Waals surface area contributed by atoms with Crippen LogP contribution < -0.4 is 10.6 Å². The van der Waals surface area contributed by atoms with Crippen LogP contribution in [0.2, 0.25) is 0 Å². The minimum absolute atomic E-state index is 0.253. The Balaban J connectivity index is 1.42. The van der Waals surface area contributed by atoms with Crippen molar-refractivity contribution in [2.45, 2.75) is 50.5 Å². The number of rotatable bonds is 3. The number of imide groups is 1. The normalized spacial score (nSPS) is 21.8. The topological polar surface area (TPSA) is 91.4 Å². The summed E-state index contributed by atoms with van der Waals surface area (Å²) < 4.78 is 0. The van der Waals surface area contributed by atoms with Crippen molar-refractivity contribution in [1.82, 2.24) is 15.2 Å². The van der Waals surface area contributed by atoms with E-state index >= 15 is 0 Å². The van der Waals surface area contributed by atoms with E-state index in [4.69, 9.17) is 0 Å². The lowest BCUT2D eigenvalue weighted by Crippen LogP contribution is -2.44. The Morgan fingerprint density at radius 1 is 1.26 bits per heavy atom. The summed E-state index contributed by atoms with van der Waals surface area (Å²) in [6.07, 6.45) is 6.26. The highest BCUT2D eigenvalue weighted by atomic mass is 32.1. The number of aryl methyl sites for hydroxylation is 2. The number of nitrogens with zero attached hydrogens (tertiary/aromatic N) is 2. The van der Waals surface area contributed by atoms with Gasteiger partial charge in [-0.15, -0.1) is 11.3 Å². The van der Waals surface area contributed by atoms with Crippen molar-refractivity contribution in [3.8, 4) is 0 Å². The number of fused-ring (bicyclic) bond motifs is 1. The van der Waals surface area contributed by atoms with Crippen LogP contribution in [0.15, 0.2) is 0 Å². The van der Waals surface area contributed by atoms with Crippen LogP contribution in [0.1, 0.15) is 42.7 Å². The van der Waals surface area contributed by atoms with Crippen LogP contribution in [0.25, 0.3) is 0 Å². The fourth-order valence-electron chi connectivity index (χ4n) is 3.68. The molecule has 0 atom stereocenters. The molecule has 2 N–H and O–H groups in total. The van der Waals surface area contributed by atoms with Crippen LogP contribution in [0.5, 0.6) is 0 Å². The van der Waals surface area contributed by atoms with Gasteiger partial charge in [0, 0.05) is 4.88 Å². The monoisotopic (exact) mass is 334 g/mol. The highest BCUT2D eigenvalue weighted by Gasteiger charge is 2.52. The molecule has 4 rings (SSSR count). The zero-order chi connectivity index (χ0) is 16.0. The largest absolute Gasteiger partial charge is 0.325 e. The maximum Gasteiger partial charge on any atom is 0.325 e. The molecule has 1 spiro atoms. The maximum atomic E-state index is 12.5. The van der Waals surface area contributed by atoms with Crippen molar-refractivity contribution in [2.75, 3.05) is 11.9 Å². The fourth-order valence-corrected chi connectivity index (χ4v) is 4.75. The van der Waals surface area contributed by atoms with Crippen molar-refractivity contribution in [3.63, 3.8) is 0 Å². The van der Waals surface area contributed by atoms with Crippen LogP contribution in [0.4, 0.5) is 9.93 Å². The van der Waals surface area contributed by atoms with Gasteiger partial charge in [-0.25, -0.2) is 9.78 Å². The highest BCUT2D eigenvalue weighted by Crippen LogP contribution is 2.35. The Kier molecular flexibility index (Phi) is 3.37. The van der Waals surface area contributed by atoms with Gasteiger partial charge in [-0.1, -0.05) is 12.8 Å². The van der Waals surface area contributed by atoms with Crippen molar-refractivity contribution in [2.24, 2.45) is 0 Å². The van der Waals surface area contributed by atoms with Crippen LogP contribution in [-0.4, -0.2) is 39.8 Å². The predicted molar refractivity (Wildman–Crippen MR) is 84.2 cm³/mol. The molecular weight excluding hydrogens is 316 g/mol. The molecule has 1 aromatic heterocycles. The molecule has 4 amide bonds. The summed E-state index contributed by atoms with van der Waals surface area (Å²) >= 11 is 1.48. The van der Waals surface area contributed by atoms with Crippen LogP contribution >= 0.6 is 11.3 Å². The number of hydrogen-bond acceptors (Lipinski definition) is 5. The van der Waals surface area contributed by atoms with Gasteiger partial charge in [0.25, 0.3) is 5.91 Å². The first-order chi connectivity index (χ1) is 11.1. The lowest BCUT2D eigenvalue weighted by Gasteiger charge is -2.19. The summed E-state index contributed by atoms with van der Waals surface area (Å²) in [6, 6.07) is -0.464. The first-order valence-electron chi connectivity index (χ1n) is 8.00. The maximum absolute atomic E-state index is 12.5. The van der Waals surface area contributed by atoms with Crippen molar-refractivity contribution in [1.29, 1.82) is 0 Å². The van der Waals surface area contributed by atoms with Gasteiger partial charge in [-0.05, 0) is 32.1 Å². The third-order valence-corrected chi connectivity index (χ3v) is 5.92. The first kappa shape index (κ1) is 14.6.